The highest BCUT2D eigenvalue weighted by Crippen LogP contribution is 1.96. The van der Waals surface area contributed by atoms with E-state index < -0.39 is 0 Å². The summed E-state index contributed by atoms with van der Waals surface area (Å²) in [4.78, 5) is 4.91. The SMILES string of the molecule is C=CCN(CC=C)CCN(CCC)CCC. The molecule has 0 aliphatic heterocycles. The van der Waals surface area contributed by atoms with Gasteiger partial charge in [-0.1, -0.05) is 26.0 Å². The summed E-state index contributed by atoms with van der Waals surface area (Å²) in [5.41, 5.74) is 0. The molecule has 0 unspecified atom stereocenters. The number of nitrogens with zero attached hydrogens (tertiary/aromatic N) is 2. The summed E-state index contributed by atoms with van der Waals surface area (Å²) in [6.45, 7) is 18.7. The zero-order chi connectivity index (χ0) is 12.2. The lowest BCUT2D eigenvalue weighted by atomic mass is 10.3. The Morgan fingerprint density at radius 1 is 0.750 bits per heavy atom. The summed E-state index contributed by atoms with van der Waals surface area (Å²) in [5, 5.41) is 0. The largest absolute Gasteiger partial charge is 0.302 e. The van der Waals surface area contributed by atoms with Crippen LogP contribution in [0.4, 0.5) is 0 Å². The highest BCUT2D eigenvalue weighted by molar-refractivity contribution is 4.80. The highest BCUT2D eigenvalue weighted by Gasteiger charge is 2.05. The zero-order valence-electron chi connectivity index (χ0n) is 11.1. The van der Waals surface area contributed by atoms with Gasteiger partial charge in [-0.15, -0.1) is 13.2 Å². The maximum atomic E-state index is 3.79. The second-order valence-corrected chi connectivity index (χ2v) is 4.18. The molecule has 94 valence electrons. The summed E-state index contributed by atoms with van der Waals surface area (Å²) in [6.07, 6.45) is 6.41. The van der Waals surface area contributed by atoms with E-state index in [9.17, 15) is 0 Å². The average Bonchev–Trinajstić information content (AvgIpc) is 2.27. The van der Waals surface area contributed by atoms with Gasteiger partial charge in [0.2, 0.25) is 0 Å². The molecule has 2 heteroatoms. The molecule has 0 heterocycles. The van der Waals surface area contributed by atoms with Gasteiger partial charge in [0.15, 0.2) is 0 Å². The molecule has 0 aromatic rings. The van der Waals surface area contributed by atoms with Crippen molar-refractivity contribution in [2.75, 3.05) is 39.3 Å². The van der Waals surface area contributed by atoms with Gasteiger partial charge in [-0.3, -0.25) is 4.90 Å². The van der Waals surface area contributed by atoms with Crippen molar-refractivity contribution in [2.24, 2.45) is 0 Å². The highest BCUT2D eigenvalue weighted by atomic mass is 15.2. The van der Waals surface area contributed by atoms with Crippen molar-refractivity contribution in [3.05, 3.63) is 25.3 Å². The third-order valence-electron chi connectivity index (χ3n) is 2.59. The van der Waals surface area contributed by atoms with Crippen LogP contribution in [-0.4, -0.2) is 49.1 Å². The van der Waals surface area contributed by atoms with Crippen LogP contribution in [0.15, 0.2) is 25.3 Å². The molecule has 0 rings (SSSR count). The van der Waals surface area contributed by atoms with Crippen molar-refractivity contribution in [3.63, 3.8) is 0 Å². The predicted octanol–water partition coefficient (Wildman–Crippen LogP) is 2.78. The predicted molar refractivity (Wildman–Crippen MR) is 73.9 cm³/mol. The molecule has 0 saturated carbocycles. The first kappa shape index (κ1) is 15.4. The Hall–Kier alpha value is -0.600. The molecule has 16 heavy (non-hydrogen) atoms. The molecule has 0 spiro atoms. The van der Waals surface area contributed by atoms with Gasteiger partial charge in [0.05, 0.1) is 0 Å². The van der Waals surface area contributed by atoms with E-state index in [0.29, 0.717) is 0 Å². The maximum Gasteiger partial charge on any atom is 0.0164 e. The van der Waals surface area contributed by atoms with E-state index in [4.69, 9.17) is 0 Å². The molecule has 0 saturated heterocycles. The van der Waals surface area contributed by atoms with E-state index >= 15 is 0 Å². The van der Waals surface area contributed by atoms with Crippen molar-refractivity contribution in [1.82, 2.24) is 9.80 Å². The molecule has 2 nitrogen and oxygen atoms in total. The van der Waals surface area contributed by atoms with Gasteiger partial charge in [0.25, 0.3) is 0 Å². The van der Waals surface area contributed by atoms with E-state index in [1.807, 2.05) is 12.2 Å². The van der Waals surface area contributed by atoms with E-state index in [1.165, 1.54) is 25.9 Å². The van der Waals surface area contributed by atoms with Crippen molar-refractivity contribution in [3.8, 4) is 0 Å². The Morgan fingerprint density at radius 2 is 1.19 bits per heavy atom. The second-order valence-electron chi connectivity index (χ2n) is 4.18. The molecule has 0 aliphatic carbocycles. The van der Waals surface area contributed by atoms with E-state index in [2.05, 4.69) is 36.8 Å². The van der Waals surface area contributed by atoms with Gasteiger partial charge in [-0.25, -0.2) is 0 Å². The Labute approximate surface area is 102 Å². The number of hydrogen-bond donors (Lipinski definition) is 0. The third kappa shape index (κ3) is 7.66. The van der Waals surface area contributed by atoms with Crippen LogP contribution in [0.3, 0.4) is 0 Å². The Bertz CT molecular complexity index is 162. The van der Waals surface area contributed by atoms with Crippen LogP contribution in [0.1, 0.15) is 26.7 Å². The molecular weight excluding hydrogens is 196 g/mol. The molecule has 0 radical (unpaired) electrons. The molecule has 0 aliphatic rings. The topological polar surface area (TPSA) is 6.48 Å². The minimum atomic E-state index is 0.956. The van der Waals surface area contributed by atoms with Crippen molar-refractivity contribution < 1.29 is 0 Å². The fraction of sp³-hybridized carbons (Fsp3) is 0.714. The smallest absolute Gasteiger partial charge is 0.0164 e. The molecule has 0 bridgehead atoms. The van der Waals surface area contributed by atoms with Gasteiger partial charge in [0.1, 0.15) is 0 Å². The van der Waals surface area contributed by atoms with Gasteiger partial charge < -0.3 is 4.90 Å². The third-order valence-corrected chi connectivity index (χ3v) is 2.59. The van der Waals surface area contributed by atoms with E-state index in [1.54, 1.807) is 0 Å². The summed E-state index contributed by atoms with van der Waals surface area (Å²) < 4.78 is 0. The Kier molecular flexibility index (Phi) is 10.5. The first-order valence-corrected chi connectivity index (χ1v) is 6.44. The maximum absolute atomic E-state index is 3.79. The minimum Gasteiger partial charge on any atom is -0.302 e. The van der Waals surface area contributed by atoms with Gasteiger partial charge in [-0.05, 0) is 25.9 Å². The lowest BCUT2D eigenvalue weighted by Crippen LogP contribution is -2.36. The standard InChI is InChI=1S/C14H28N2/c1-5-9-15(10-6-2)13-14-16(11-7-3)12-8-4/h5-6H,1-2,7-14H2,3-4H3. The van der Waals surface area contributed by atoms with Crippen LogP contribution < -0.4 is 0 Å². The Morgan fingerprint density at radius 3 is 1.56 bits per heavy atom. The van der Waals surface area contributed by atoms with Gasteiger partial charge in [0, 0.05) is 26.2 Å². The molecule has 0 N–H and O–H groups in total. The number of rotatable bonds is 11. The average molecular weight is 224 g/mol. The minimum absolute atomic E-state index is 0.956. The fourth-order valence-corrected chi connectivity index (χ4v) is 1.87. The van der Waals surface area contributed by atoms with Crippen LogP contribution in [0, 0.1) is 0 Å². The van der Waals surface area contributed by atoms with E-state index in [-0.39, 0.29) is 0 Å². The second kappa shape index (κ2) is 10.9. The molecular formula is C14H28N2. The summed E-state index contributed by atoms with van der Waals surface area (Å²) >= 11 is 0. The fourth-order valence-electron chi connectivity index (χ4n) is 1.87. The molecule has 0 amide bonds. The van der Waals surface area contributed by atoms with Crippen molar-refractivity contribution in [1.29, 1.82) is 0 Å². The lowest BCUT2D eigenvalue weighted by Gasteiger charge is -2.25. The van der Waals surface area contributed by atoms with Crippen molar-refractivity contribution >= 4 is 0 Å². The zero-order valence-corrected chi connectivity index (χ0v) is 11.1. The van der Waals surface area contributed by atoms with Gasteiger partial charge >= 0.3 is 0 Å². The first-order chi connectivity index (χ1) is 7.78. The molecule has 0 atom stereocenters. The van der Waals surface area contributed by atoms with Crippen LogP contribution in [0.5, 0.6) is 0 Å². The summed E-state index contributed by atoms with van der Waals surface area (Å²) in [7, 11) is 0. The summed E-state index contributed by atoms with van der Waals surface area (Å²) in [5.74, 6) is 0. The Balaban J connectivity index is 3.91. The molecule has 0 aromatic carbocycles. The van der Waals surface area contributed by atoms with Crippen LogP contribution >= 0.6 is 0 Å². The number of hydrogen-bond acceptors (Lipinski definition) is 2. The van der Waals surface area contributed by atoms with Crippen LogP contribution in [-0.2, 0) is 0 Å². The molecule has 0 aromatic heterocycles. The van der Waals surface area contributed by atoms with Crippen LogP contribution in [0.2, 0.25) is 0 Å². The van der Waals surface area contributed by atoms with Crippen LogP contribution in [0.25, 0.3) is 0 Å². The monoisotopic (exact) mass is 224 g/mol. The van der Waals surface area contributed by atoms with E-state index in [0.717, 1.165) is 26.2 Å². The summed E-state index contributed by atoms with van der Waals surface area (Å²) in [6, 6.07) is 0. The quantitative estimate of drug-likeness (QED) is 0.498. The van der Waals surface area contributed by atoms with Crippen molar-refractivity contribution in [2.45, 2.75) is 26.7 Å². The first-order valence-electron chi connectivity index (χ1n) is 6.44. The lowest BCUT2D eigenvalue weighted by molar-refractivity contribution is 0.224. The normalized spacial score (nSPS) is 11.0. The molecule has 0 fully saturated rings. The van der Waals surface area contributed by atoms with Gasteiger partial charge in [-0.2, -0.15) is 0 Å².